The molecule has 0 aliphatic carbocycles. The molecule has 0 heterocycles. The Balaban J connectivity index is 1.35. The Morgan fingerprint density at radius 1 is 0.927 bits per heavy atom. The van der Waals surface area contributed by atoms with Crippen molar-refractivity contribution in [3.05, 3.63) is 135 Å². The van der Waals surface area contributed by atoms with Crippen molar-refractivity contribution in [1.29, 1.82) is 0 Å². The third-order valence-corrected chi connectivity index (χ3v) is 6.06. The summed E-state index contributed by atoms with van der Waals surface area (Å²) in [7, 11) is 1.50. The first-order chi connectivity index (χ1) is 19.9. The number of hydrazone groups is 1. The standard InChI is InChI=1S/C31H28N4O6/c1-40-29-18-23(14-17-28(29)41-21-22-12-15-26(16-13-22)35(38)39)20-32-34-30(36)19-27(24-8-4-2-5-9-24)33-31(37)25-10-6-3-7-11-25/h2-18,20,27H,19,21H2,1H3,(H,33,37)(H,34,36)/b32-20-/t27-/m1/s1. The fourth-order valence-electron chi connectivity index (χ4n) is 3.94. The maximum absolute atomic E-state index is 12.7. The first-order valence-electron chi connectivity index (χ1n) is 12.7. The highest BCUT2D eigenvalue weighted by Gasteiger charge is 2.19. The van der Waals surface area contributed by atoms with E-state index in [2.05, 4.69) is 15.8 Å². The lowest BCUT2D eigenvalue weighted by molar-refractivity contribution is -0.384. The van der Waals surface area contributed by atoms with E-state index in [1.165, 1.54) is 25.5 Å². The molecule has 0 fully saturated rings. The van der Waals surface area contributed by atoms with Gasteiger partial charge in [-0.1, -0.05) is 48.5 Å². The summed E-state index contributed by atoms with van der Waals surface area (Å²) >= 11 is 0. The quantitative estimate of drug-likeness (QED) is 0.141. The smallest absolute Gasteiger partial charge is 0.269 e. The number of nitrogens with zero attached hydrogens (tertiary/aromatic N) is 2. The van der Waals surface area contributed by atoms with Crippen LogP contribution in [0.5, 0.6) is 11.5 Å². The number of nitro benzene ring substituents is 1. The SMILES string of the molecule is COc1cc(/C=N\NC(=O)C[C@@H](NC(=O)c2ccccc2)c2ccccc2)ccc1OCc1ccc([N+](=O)[O-])cc1. The van der Waals surface area contributed by atoms with Crippen LogP contribution in [0.4, 0.5) is 5.69 Å². The molecule has 0 saturated heterocycles. The fourth-order valence-corrected chi connectivity index (χ4v) is 3.94. The number of amides is 2. The minimum Gasteiger partial charge on any atom is -0.493 e. The lowest BCUT2D eigenvalue weighted by atomic mass is 10.0. The van der Waals surface area contributed by atoms with Crippen molar-refractivity contribution in [2.24, 2.45) is 5.10 Å². The van der Waals surface area contributed by atoms with Gasteiger partial charge in [-0.2, -0.15) is 5.10 Å². The fraction of sp³-hybridized carbons (Fsp3) is 0.129. The van der Waals surface area contributed by atoms with E-state index in [1.807, 2.05) is 36.4 Å². The zero-order valence-corrected chi connectivity index (χ0v) is 22.2. The highest BCUT2D eigenvalue weighted by molar-refractivity contribution is 5.94. The van der Waals surface area contributed by atoms with Gasteiger partial charge >= 0.3 is 0 Å². The summed E-state index contributed by atoms with van der Waals surface area (Å²) in [6, 6.07) is 28.8. The van der Waals surface area contributed by atoms with Gasteiger partial charge in [-0.3, -0.25) is 19.7 Å². The van der Waals surface area contributed by atoms with Crippen molar-refractivity contribution in [3.63, 3.8) is 0 Å². The average molecular weight is 553 g/mol. The van der Waals surface area contributed by atoms with Crippen molar-refractivity contribution in [2.75, 3.05) is 7.11 Å². The Labute approximate surface area is 236 Å². The Kier molecular flexibility index (Phi) is 9.76. The van der Waals surface area contributed by atoms with Crippen molar-refractivity contribution in [2.45, 2.75) is 19.1 Å². The molecule has 0 unspecified atom stereocenters. The zero-order chi connectivity index (χ0) is 29.0. The van der Waals surface area contributed by atoms with E-state index in [0.29, 0.717) is 22.6 Å². The van der Waals surface area contributed by atoms with Crippen LogP contribution in [0, 0.1) is 10.1 Å². The van der Waals surface area contributed by atoms with Gasteiger partial charge in [0.1, 0.15) is 6.61 Å². The predicted molar refractivity (Wildman–Crippen MR) is 154 cm³/mol. The van der Waals surface area contributed by atoms with Gasteiger partial charge in [0.25, 0.3) is 11.6 Å². The number of carbonyl (C=O) groups is 2. The zero-order valence-electron chi connectivity index (χ0n) is 22.2. The van der Waals surface area contributed by atoms with E-state index in [9.17, 15) is 19.7 Å². The van der Waals surface area contributed by atoms with Crippen LogP contribution in [0.15, 0.2) is 108 Å². The lowest BCUT2D eigenvalue weighted by Crippen LogP contribution is -2.32. The molecule has 0 aromatic heterocycles. The largest absolute Gasteiger partial charge is 0.493 e. The molecule has 41 heavy (non-hydrogen) atoms. The molecule has 2 amide bonds. The van der Waals surface area contributed by atoms with E-state index in [4.69, 9.17) is 9.47 Å². The van der Waals surface area contributed by atoms with Crippen LogP contribution in [-0.4, -0.2) is 30.1 Å². The van der Waals surface area contributed by atoms with E-state index in [-0.39, 0.29) is 30.5 Å². The summed E-state index contributed by atoms with van der Waals surface area (Å²) in [5.41, 5.74) is 5.24. The molecule has 4 rings (SSSR count). The molecule has 0 bridgehead atoms. The molecule has 0 aliphatic heterocycles. The number of methoxy groups -OCH3 is 1. The summed E-state index contributed by atoms with van der Waals surface area (Å²) < 4.78 is 11.2. The first-order valence-corrected chi connectivity index (χ1v) is 12.7. The molecular formula is C31H28N4O6. The van der Waals surface area contributed by atoms with Gasteiger partial charge in [0.2, 0.25) is 5.91 Å². The number of non-ortho nitro benzene ring substituents is 1. The molecular weight excluding hydrogens is 524 g/mol. The number of nitro groups is 1. The van der Waals surface area contributed by atoms with Crippen LogP contribution in [0.2, 0.25) is 0 Å². The Bertz CT molecular complexity index is 1510. The summed E-state index contributed by atoms with van der Waals surface area (Å²) in [6.45, 7) is 0.196. The van der Waals surface area contributed by atoms with E-state index in [0.717, 1.165) is 11.1 Å². The van der Waals surface area contributed by atoms with Crippen LogP contribution in [0.3, 0.4) is 0 Å². The predicted octanol–water partition coefficient (Wildman–Crippen LogP) is 5.19. The van der Waals surface area contributed by atoms with Crippen molar-refractivity contribution in [3.8, 4) is 11.5 Å². The Morgan fingerprint density at radius 2 is 1.61 bits per heavy atom. The summed E-state index contributed by atoms with van der Waals surface area (Å²) in [5.74, 6) is 0.277. The summed E-state index contributed by atoms with van der Waals surface area (Å²) in [5, 5.41) is 17.8. The number of hydrogen-bond donors (Lipinski definition) is 2. The molecule has 0 aliphatic rings. The molecule has 10 heteroatoms. The Hall–Kier alpha value is -5.51. The summed E-state index contributed by atoms with van der Waals surface area (Å²) in [4.78, 5) is 35.8. The minimum absolute atomic E-state index is 0.00887. The van der Waals surface area contributed by atoms with Crippen LogP contribution in [-0.2, 0) is 11.4 Å². The second-order valence-corrected chi connectivity index (χ2v) is 8.92. The van der Waals surface area contributed by atoms with Gasteiger partial charge in [0.05, 0.1) is 30.7 Å². The van der Waals surface area contributed by atoms with Crippen LogP contribution < -0.4 is 20.2 Å². The number of carbonyl (C=O) groups excluding carboxylic acids is 2. The van der Waals surface area contributed by atoms with Gasteiger partial charge in [-0.25, -0.2) is 5.43 Å². The molecule has 4 aromatic carbocycles. The summed E-state index contributed by atoms with van der Waals surface area (Å²) in [6.07, 6.45) is 1.46. The lowest BCUT2D eigenvalue weighted by Gasteiger charge is -2.18. The highest BCUT2D eigenvalue weighted by Crippen LogP contribution is 2.28. The van der Waals surface area contributed by atoms with Gasteiger partial charge in [-0.05, 0) is 59.2 Å². The molecule has 10 nitrogen and oxygen atoms in total. The number of hydrogen-bond acceptors (Lipinski definition) is 7. The highest BCUT2D eigenvalue weighted by atomic mass is 16.6. The molecule has 0 radical (unpaired) electrons. The number of benzene rings is 4. The molecule has 208 valence electrons. The number of nitrogens with one attached hydrogen (secondary N) is 2. The van der Waals surface area contributed by atoms with Gasteiger partial charge in [0.15, 0.2) is 11.5 Å². The molecule has 0 saturated carbocycles. The third kappa shape index (κ3) is 8.24. The van der Waals surface area contributed by atoms with Gasteiger partial charge < -0.3 is 14.8 Å². The maximum Gasteiger partial charge on any atom is 0.269 e. The van der Waals surface area contributed by atoms with E-state index >= 15 is 0 Å². The first kappa shape index (κ1) is 28.5. The maximum atomic E-state index is 12.7. The minimum atomic E-state index is -0.550. The van der Waals surface area contributed by atoms with Crippen molar-refractivity contribution >= 4 is 23.7 Å². The second-order valence-electron chi connectivity index (χ2n) is 8.92. The van der Waals surface area contributed by atoms with E-state index in [1.54, 1.807) is 54.6 Å². The van der Waals surface area contributed by atoms with Crippen molar-refractivity contribution in [1.82, 2.24) is 10.7 Å². The Morgan fingerprint density at radius 3 is 2.27 bits per heavy atom. The number of rotatable bonds is 12. The molecule has 2 N–H and O–H groups in total. The molecule has 1 atom stereocenters. The number of ether oxygens (including phenoxy) is 2. The topological polar surface area (TPSA) is 132 Å². The van der Waals surface area contributed by atoms with Crippen LogP contribution in [0.25, 0.3) is 0 Å². The van der Waals surface area contributed by atoms with Crippen molar-refractivity contribution < 1.29 is 24.0 Å². The van der Waals surface area contributed by atoms with Crippen LogP contribution in [0.1, 0.15) is 39.5 Å². The average Bonchev–Trinajstić information content (AvgIpc) is 3.01. The third-order valence-electron chi connectivity index (χ3n) is 6.06. The monoisotopic (exact) mass is 552 g/mol. The molecule has 0 spiro atoms. The van der Waals surface area contributed by atoms with E-state index < -0.39 is 11.0 Å². The van der Waals surface area contributed by atoms with Gasteiger partial charge in [0, 0.05) is 17.7 Å². The van der Waals surface area contributed by atoms with Crippen LogP contribution >= 0.6 is 0 Å². The van der Waals surface area contributed by atoms with Gasteiger partial charge in [-0.15, -0.1) is 0 Å². The molecule has 4 aromatic rings. The normalized spacial score (nSPS) is 11.4. The second kappa shape index (κ2) is 14.0.